The third kappa shape index (κ3) is 7.54. The lowest BCUT2D eigenvalue weighted by Crippen LogP contribution is -2.25. The fourth-order valence-electron chi connectivity index (χ4n) is 2.68. The highest BCUT2D eigenvalue weighted by Crippen LogP contribution is 2.14. The minimum atomic E-state index is -0.671. The Bertz CT molecular complexity index is 334. The molecule has 0 saturated heterocycles. The van der Waals surface area contributed by atoms with Crippen LogP contribution >= 0.6 is 11.8 Å². The Hall–Kier alpha value is -0.213. The van der Waals surface area contributed by atoms with Crippen molar-refractivity contribution >= 4 is 25.7 Å². The average molecular weight is 309 g/mol. The molecule has 0 aliphatic rings. The molecule has 0 aromatic heterocycles. The van der Waals surface area contributed by atoms with Gasteiger partial charge >= 0.3 is 0 Å². The van der Waals surface area contributed by atoms with Gasteiger partial charge in [0.15, 0.2) is 0 Å². The zero-order valence-electron chi connectivity index (χ0n) is 13.7. The second-order valence-corrected chi connectivity index (χ2v) is 9.86. The van der Waals surface area contributed by atoms with Crippen molar-refractivity contribution in [1.29, 1.82) is 0 Å². The number of rotatable bonds is 11. The lowest BCUT2D eigenvalue weighted by atomic mass is 10.1. The van der Waals surface area contributed by atoms with Crippen molar-refractivity contribution in [2.45, 2.75) is 75.8 Å². The maximum Gasteiger partial charge on any atom is 0.0677 e. The SMILES string of the molecule is CCCCCCCCCC[SiH](C)c1ccc(SC)cc1. The lowest BCUT2D eigenvalue weighted by Gasteiger charge is -2.10. The second-order valence-electron chi connectivity index (χ2n) is 5.94. The summed E-state index contributed by atoms with van der Waals surface area (Å²) in [5.74, 6) is 0. The Morgan fingerprint density at radius 1 is 0.850 bits per heavy atom. The number of thioether (sulfide) groups is 1. The van der Waals surface area contributed by atoms with Crippen molar-refractivity contribution in [2.24, 2.45) is 0 Å². The quantitative estimate of drug-likeness (QED) is 0.291. The Morgan fingerprint density at radius 2 is 1.40 bits per heavy atom. The van der Waals surface area contributed by atoms with E-state index in [-0.39, 0.29) is 0 Å². The minimum absolute atomic E-state index is 0.671. The summed E-state index contributed by atoms with van der Waals surface area (Å²) in [6.45, 7) is 4.80. The molecule has 1 unspecified atom stereocenters. The van der Waals surface area contributed by atoms with E-state index in [1.807, 2.05) is 11.8 Å². The second kappa shape index (κ2) is 11.4. The molecule has 1 aromatic rings. The molecular formula is C18H32SSi. The van der Waals surface area contributed by atoms with Crippen molar-refractivity contribution < 1.29 is 0 Å². The van der Waals surface area contributed by atoms with Gasteiger partial charge in [0.2, 0.25) is 0 Å². The molecule has 0 saturated carbocycles. The molecule has 0 radical (unpaired) electrons. The molecule has 0 aliphatic heterocycles. The monoisotopic (exact) mass is 308 g/mol. The normalized spacial score (nSPS) is 12.6. The van der Waals surface area contributed by atoms with Crippen LogP contribution in [0, 0.1) is 0 Å². The van der Waals surface area contributed by atoms with Gasteiger partial charge in [-0.1, -0.05) is 88.2 Å². The zero-order chi connectivity index (χ0) is 14.6. The molecule has 20 heavy (non-hydrogen) atoms. The number of benzene rings is 1. The van der Waals surface area contributed by atoms with Gasteiger partial charge in [0, 0.05) is 4.90 Å². The Balaban J connectivity index is 2.08. The van der Waals surface area contributed by atoms with Crippen molar-refractivity contribution in [3.05, 3.63) is 24.3 Å². The molecular weight excluding hydrogens is 276 g/mol. The van der Waals surface area contributed by atoms with Gasteiger partial charge in [-0.05, 0) is 18.4 Å². The first-order valence-electron chi connectivity index (χ1n) is 8.42. The van der Waals surface area contributed by atoms with Gasteiger partial charge in [-0.2, -0.15) is 0 Å². The highest BCUT2D eigenvalue weighted by molar-refractivity contribution is 7.98. The third-order valence-electron chi connectivity index (χ3n) is 4.18. The summed E-state index contributed by atoms with van der Waals surface area (Å²) in [7, 11) is -0.671. The molecule has 0 amide bonds. The van der Waals surface area contributed by atoms with Gasteiger partial charge < -0.3 is 0 Å². The maximum absolute atomic E-state index is 2.51. The summed E-state index contributed by atoms with van der Waals surface area (Å²) < 4.78 is 0. The highest BCUT2D eigenvalue weighted by atomic mass is 32.2. The zero-order valence-corrected chi connectivity index (χ0v) is 15.6. The van der Waals surface area contributed by atoms with Gasteiger partial charge in [-0.3, -0.25) is 0 Å². The van der Waals surface area contributed by atoms with Gasteiger partial charge in [0.25, 0.3) is 0 Å². The van der Waals surface area contributed by atoms with E-state index in [9.17, 15) is 0 Å². The van der Waals surface area contributed by atoms with E-state index in [4.69, 9.17) is 0 Å². The van der Waals surface area contributed by atoms with Crippen LogP contribution in [0.2, 0.25) is 12.6 Å². The molecule has 2 heteroatoms. The van der Waals surface area contributed by atoms with Crippen LogP contribution in [0.15, 0.2) is 29.2 Å². The molecule has 0 fully saturated rings. The smallest absolute Gasteiger partial charge is 0.0677 e. The van der Waals surface area contributed by atoms with Crippen LogP contribution < -0.4 is 5.19 Å². The summed E-state index contributed by atoms with van der Waals surface area (Å²) in [6.07, 6.45) is 13.7. The highest BCUT2D eigenvalue weighted by Gasteiger charge is 2.06. The first-order chi connectivity index (χ1) is 9.77. The molecule has 1 rings (SSSR count). The Labute approximate surface area is 132 Å². The topological polar surface area (TPSA) is 0 Å². The lowest BCUT2D eigenvalue weighted by molar-refractivity contribution is 0.584. The third-order valence-corrected chi connectivity index (χ3v) is 7.72. The molecule has 0 aliphatic carbocycles. The van der Waals surface area contributed by atoms with Crippen molar-refractivity contribution in [3.63, 3.8) is 0 Å². The molecule has 0 bridgehead atoms. The van der Waals surface area contributed by atoms with Crippen LogP contribution in [0.1, 0.15) is 58.3 Å². The number of hydrogen-bond donors (Lipinski definition) is 0. The fourth-order valence-corrected chi connectivity index (χ4v) is 5.18. The van der Waals surface area contributed by atoms with Gasteiger partial charge in [-0.15, -0.1) is 11.8 Å². The summed E-state index contributed by atoms with van der Waals surface area (Å²) in [5.41, 5.74) is 0. The van der Waals surface area contributed by atoms with E-state index in [0.717, 1.165) is 0 Å². The maximum atomic E-state index is 2.51. The van der Waals surface area contributed by atoms with Gasteiger partial charge in [0.05, 0.1) is 8.80 Å². The van der Waals surface area contributed by atoms with Gasteiger partial charge in [0.1, 0.15) is 0 Å². The van der Waals surface area contributed by atoms with Crippen molar-refractivity contribution in [1.82, 2.24) is 0 Å². The van der Waals surface area contributed by atoms with E-state index < -0.39 is 8.80 Å². The molecule has 0 heterocycles. The predicted molar refractivity (Wildman–Crippen MR) is 98.3 cm³/mol. The van der Waals surface area contributed by atoms with Crippen LogP contribution in [-0.4, -0.2) is 15.1 Å². The van der Waals surface area contributed by atoms with E-state index in [1.165, 1.54) is 62.3 Å². The van der Waals surface area contributed by atoms with E-state index >= 15 is 0 Å². The minimum Gasteiger partial charge on any atom is -0.130 e. The predicted octanol–water partition coefficient (Wildman–Crippen LogP) is 5.61. The first-order valence-corrected chi connectivity index (χ1v) is 12.2. The standard InChI is InChI=1S/C18H32SSi/c1-4-5-6-7-8-9-10-11-16-20(3)18-14-12-17(19-2)13-15-18/h12-15,20H,4-11,16H2,1-3H3. The molecule has 1 aromatic carbocycles. The van der Waals surface area contributed by atoms with Crippen LogP contribution in [0.3, 0.4) is 0 Å². The fraction of sp³-hybridized carbons (Fsp3) is 0.667. The first kappa shape index (κ1) is 17.8. The van der Waals surface area contributed by atoms with Crippen LogP contribution in [0.25, 0.3) is 0 Å². The summed E-state index contributed by atoms with van der Waals surface area (Å²) in [6, 6.07) is 10.8. The van der Waals surface area contributed by atoms with Crippen molar-refractivity contribution in [3.8, 4) is 0 Å². The van der Waals surface area contributed by atoms with Gasteiger partial charge in [-0.25, -0.2) is 0 Å². The van der Waals surface area contributed by atoms with Crippen LogP contribution in [0.4, 0.5) is 0 Å². The Morgan fingerprint density at radius 3 is 1.95 bits per heavy atom. The average Bonchev–Trinajstić information content (AvgIpc) is 2.50. The summed E-state index contributed by atoms with van der Waals surface area (Å²) >= 11 is 1.84. The van der Waals surface area contributed by atoms with E-state index in [0.29, 0.717) is 0 Å². The number of unbranched alkanes of at least 4 members (excludes halogenated alkanes) is 7. The van der Waals surface area contributed by atoms with E-state index in [2.05, 4.69) is 44.0 Å². The van der Waals surface area contributed by atoms with E-state index in [1.54, 1.807) is 5.19 Å². The number of hydrogen-bond acceptors (Lipinski definition) is 1. The van der Waals surface area contributed by atoms with Crippen LogP contribution in [0.5, 0.6) is 0 Å². The molecule has 0 N–H and O–H groups in total. The summed E-state index contributed by atoms with van der Waals surface area (Å²) in [4.78, 5) is 1.39. The molecule has 0 spiro atoms. The molecule has 0 nitrogen and oxygen atoms in total. The van der Waals surface area contributed by atoms with Crippen molar-refractivity contribution in [2.75, 3.05) is 6.26 Å². The summed E-state index contributed by atoms with van der Waals surface area (Å²) in [5, 5.41) is 1.64. The largest absolute Gasteiger partial charge is 0.130 e. The molecule has 1 atom stereocenters. The Kier molecular flexibility index (Phi) is 10.2. The van der Waals surface area contributed by atoms with Crippen LogP contribution in [-0.2, 0) is 0 Å². The molecule has 114 valence electrons.